The Morgan fingerprint density at radius 1 is 1.62 bits per heavy atom. The Bertz CT molecular complexity index is 76.6. The Kier molecular flexibility index (Phi) is 3.65. The van der Waals surface area contributed by atoms with Gasteiger partial charge in [-0.15, -0.1) is 11.8 Å². The SMILES string of the molecule is CCC(C)(C)SC=S. The van der Waals surface area contributed by atoms with E-state index in [-0.39, 0.29) is 0 Å². The Morgan fingerprint density at radius 2 is 2.12 bits per heavy atom. The van der Waals surface area contributed by atoms with Crippen molar-refractivity contribution in [2.45, 2.75) is 31.9 Å². The van der Waals surface area contributed by atoms with Crippen LogP contribution < -0.4 is 0 Å². The molecule has 0 aromatic heterocycles. The second kappa shape index (κ2) is 3.46. The molecule has 0 amide bonds. The van der Waals surface area contributed by atoms with E-state index in [4.69, 9.17) is 12.2 Å². The van der Waals surface area contributed by atoms with Crippen LogP contribution in [0.3, 0.4) is 0 Å². The van der Waals surface area contributed by atoms with Crippen molar-refractivity contribution in [1.82, 2.24) is 0 Å². The summed E-state index contributed by atoms with van der Waals surface area (Å²) in [5.41, 5.74) is 0. The third-order valence-electron chi connectivity index (χ3n) is 1.22. The van der Waals surface area contributed by atoms with E-state index in [1.165, 1.54) is 6.42 Å². The highest BCUT2D eigenvalue weighted by Crippen LogP contribution is 2.25. The van der Waals surface area contributed by atoms with Crippen LogP contribution >= 0.6 is 24.0 Å². The molecular formula is C6H12S2. The van der Waals surface area contributed by atoms with Crippen LogP contribution in [0, 0.1) is 0 Å². The van der Waals surface area contributed by atoms with Crippen LogP contribution in [0.4, 0.5) is 0 Å². The summed E-state index contributed by atoms with van der Waals surface area (Å²) in [6.45, 7) is 6.56. The molecule has 48 valence electrons. The summed E-state index contributed by atoms with van der Waals surface area (Å²) >= 11 is 6.43. The van der Waals surface area contributed by atoms with Crippen LogP contribution in [0.15, 0.2) is 0 Å². The topological polar surface area (TPSA) is 0 Å². The zero-order valence-corrected chi connectivity index (χ0v) is 7.23. The maximum atomic E-state index is 4.70. The molecule has 0 N–H and O–H groups in total. The lowest BCUT2D eigenvalue weighted by molar-refractivity contribution is 0.689. The monoisotopic (exact) mass is 148 g/mol. The fourth-order valence-electron chi connectivity index (χ4n) is 0.214. The normalized spacial score (nSPS) is 11.4. The molecule has 0 saturated heterocycles. The van der Waals surface area contributed by atoms with E-state index in [1.807, 2.05) is 0 Å². The van der Waals surface area contributed by atoms with Gasteiger partial charge in [0.2, 0.25) is 0 Å². The first kappa shape index (κ1) is 8.44. The van der Waals surface area contributed by atoms with Crippen LogP contribution in [0.25, 0.3) is 0 Å². The second-order valence-electron chi connectivity index (χ2n) is 2.33. The van der Waals surface area contributed by atoms with Crippen LogP contribution in [0.5, 0.6) is 0 Å². The van der Waals surface area contributed by atoms with Crippen molar-refractivity contribution in [3.63, 3.8) is 0 Å². The minimum atomic E-state index is 0.349. The molecule has 0 aromatic rings. The van der Waals surface area contributed by atoms with Gasteiger partial charge in [-0.3, -0.25) is 0 Å². The van der Waals surface area contributed by atoms with Crippen molar-refractivity contribution in [3.8, 4) is 0 Å². The molecule has 0 fully saturated rings. The number of hydrogen-bond donors (Lipinski definition) is 0. The Labute approximate surface area is 61.0 Å². The highest BCUT2D eigenvalue weighted by molar-refractivity contribution is 8.21. The number of thioether (sulfide) groups is 1. The fourth-order valence-corrected chi connectivity index (χ4v) is 1.42. The first-order valence-electron chi connectivity index (χ1n) is 2.74. The van der Waals surface area contributed by atoms with Gasteiger partial charge < -0.3 is 0 Å². The predicted molar refractivity (Wildman–Crippen MR) is 45.6 cm³/mol. The van der Waals surface area contributed by atoms with Crippen molar-refractivity contribution in [3.05, 3.63) is 0 Å². The Morgan fingerprint density at radius 3 is 2.25 bits per heavy atom. The molecule has 0 nitrogen and oxygen atoms in total. The molecule has 0 heterocycles. The van der Waals surface area contributed by atoms with E-state index in [1.54, 1.807) is 16.5 Å². The van der Waals surface area contributed by atoms with Crippen molar-refractivity contribution in [2.75, 3.05) is 0 Å². The van der Waals surface area contributed by atoms with E-state index >= 15 is 0 Å². The predicted octanol–water partition coefficient (Wildman–Crippen LogP) is 2.87. The molecule has 0 saturated carbocycles. The van der Waals surface area contributed by atoms with Crippen molar-refractivity contribution < 1.29 is 0 Å². The number of thiocarbonyl (C=S) groups is 1. The van der Waals surface area contributed by atoms with Crippen molar-refractivity contribution in [1.29, 1.82) is 0 Å². The molecule has 0 aliphatic rings. The summed E-state index contributed by atoms with van der Waals surface area (Å²) in [4.78, 5) is 0. The van der Waals surface area contributed by atoms with Gasteiger partial charge in [0.1, 0.15) is 0 Å². The van der Waals surface area contributed by atoms with Gasteiger partial charge in [0.25, 0.3) is 0 Å². The zero-order chi connectivity index (χ0) is 6.62. The summed E-state index contributed by atoms with van der Waals surface area (Å²) in [5.74, 6) is 0. The highest BCUT2D eigenvalue weighted by atomic mass is 32.2. The minimum Gasteiger partial charge on any atom is -0.116 e. The average molecular weight is 148 g/mol. The number of rotatable bonds is 3. The van der Waals surface area contributed by atoms with Crippen LogP contribution in [0.1, 0.15) is 27.2 Å². The van der Waals surface area contributed by atoms with Crippen LogP contribution in [-0.2, 0) is 0 Å². The maximum absolute atomic E-state index is 4.70. The van der Waals surface area contributed by atoms with Gasteiger partial charge in [-0.1, -0.05) is 33.0 Å². The lowest BCUT2D eigenvalue weighted by Gasteiger charge is -2.17. The van der Waals surface area contributed by atoms with Gasteiger partial charge in [-0.2, -0.15) is 0 Å². The lowest BCUT2D eigenvalue weighted by atomic mass is 10.1. The molecule has 0 aromatic carbocycles. The quantitative estimate of drug-likeness (QED) is 0.564. The largest absolute Gasteiger partial charge is 0.116 e. The molecule has 8 heavy (non-hydrogen) atoms. The van der Waals surface area contributed by atoms with Crippen LogP contribution in [-0.4, -0.2) is 9.45 Å². The number of hydrogen-bond acceptors (Lipinski definition) is 2. The van der Waals surface area contributed by atoms with E-state index in [0.29, 0.717) is 4.75 Å². The third-order valence-corrected chi connectivity index (χ3v) is 2.53. The van der Waals surface area contributed by atoms with Gasteiger partial charge in [0, 0.05) is 9.45 Å². The van der Waals surface area contributed by atoms with Gasteiger partial charge in [0.05, 0.1) is 0 Å². The van der Waals surface area contributed by atoms with Gasteiger partial charge in [-0.25, -0.2) is 0 Å². The van der Waals surface area contributed by atoms with Crippen molar-refractivity contribution >= 4 is 28.7 Å². The van der Waals surface area contributed by atoms with Crippen LogP contribution in [0.2, 0.25) is 0 Å². The second-order valence-corrected chi connectivity index (χ2v) is 4.44. The molecule has 0 bridgehead atoms. The molecule has 0 unspecified atom stereocenters. The molecule has 0 spiro atoms. The van der Waals surface area contributed by atoms with E-state index in [9.17, 15) is 0 Å². The first-order chi connectivity index (χ1) is 3.62. The van der Waals surface area contributed by atoms with Gasteiger partial charge in [0.15, 0.2) is 0 Å². The van der Waals surface area contributed by atoms with Crippen molar-refractivity contribution in [2.24, 2.45) is 0 Å². The summed E-state index contributed by atoms with van der Waals surface area (Å²) in [7, 11) is 0. The minimum absolute atomic E-state index is 0.349. The van der Waals surface area contributed by atoms with E-state index in [2.05, 4.69) is 20.8 Å². The molecule has 0 radical (unpaired) electrons. The molecule has 0 rings (SSSR count). The molecular weight excluding hydrogens is 136 g/mol. The summed E-state index contributed by atoms with van der Waals surface area (Å²) in [5, 5.41) is 0. The highest BCUT2D eigenvalue weighted by Gasteiger charge is 2.12. The Balaban J connectivity index is 3.53. The summed E-state index contributed by atoms with van der Waals surface area (Å²) in [6.07, 6.45) is 1.17. The average Bonchev–Trinajstić information content (AvgIpc) is 1.67. The van der Waals surface area contributed by atoms with E-state index < -0.39 is 0 Å². The zero-order valence-electron chi connectivity index (χ0n) is 5.60. The van der Waals surface area contributed by atoms with Gasteiger partial charge in [-0.05, 0) is 6.42 Å². The molecule has 2 heteroatoms. The first-order valence-corrected chi connectivity index (χ1v) is 4.09. The van der Waals surface area contributed by atoms with E-state index in [0.717, 1.165) is 0 Å². The lowest BCUT2D eigenvalue weighted by Crippen LogP contribution is -2.11. The molecule has 0 aliphatic carbocycles. The molecule has 0 atom stereocenters. The summed E-state index contributed by atoms with van der Waals surface area (Å²) < 4.78 is 2.09. The van der Waals surface area contributed by atoms with Gasteiger partial charge >= 0.3 is 0 Å². The molecule has 0 aliphatic heterocycles. The standard InChI is InChI=1S/C6H12S2/c1-4-6(2,3)8-5-7/h5H,4H2,1-3H3. The smallest absolute Gasteiger partial charge is 0.0347 e. The summed E-state index contributed by atoms with van der Waals surface area (Å²) in [6, 6.07) is 0. The third kappa shape index (κ3) is 3.44. The maximum Gasteiger partial charge on any atom is 0.0347 e. The fraction of sp³-hybridized carbons (Fsp3) is 0.833. The Hall–Kier alpha value is 0.440.